The minimum atomic E-state index is -3.29. The van der Waals surface area contributed by atoms with Crippen molar-refractivity contribution in [2.45, 2.75) is 19.8 Å². The summed E-state index contributed by atoms with van der Waals surface area (Å²) in [6.45, 7) is 3.74. The van der Waals surface area contributed by atoms with Crippen molar-refractivity contribution in [1.29, 1.82) is 0 Å². The van der Waals surface area contributed by atoms with Crippen LogP contribution in [0, 0.1) is 0 Å². The van der Waals surface area contributed by atoms with Crippen LogP contribution in [0.25, 0.3) is 0 Å². The number of nitrogens with one attached hydrogen (secondary N) is 2. The Bertz CT molecular complexity index is 501. The van der Waals surface area contributed by atoms with Crippen molar-refractivity contribution in [3.63, 3.8) is 0 Å². The van der Waals surface area contributed by atoms with Crippen LogP contribution in [0.5, 0.6) is 0 Å². The van der Waals surface area contributed by atoms with Gasteiger partial charge in [-0.15, -0.1) is 0 Å². The Morgan fingerprint density at radius 3 is 2.50 bits per heavy atom. The van der Waals surface area contributed by atoms with E-state index in [4.69, 9.17) is 0 Å². The molecule has 6 heteroatoms. The lowest BCUT2D eigenvalue weighted by Gasteiger charge is -2.18. The highest BCUT2D eigenvalue weighted by Crippen LogP contribution is 2.24. The Morgan fingerprint density at radius 1 is 1.15 bits per heavy atom. The highest BCUT2D eigenvalue weighted by atomic mass is 32.2. The van der Waals surface area contributed by atoms with Gasteiger partial charge in [0.1, 0.15) is 0 Å². The Morgan fingerprint density at radius 2 is 1.85 bits per heavy atom. The van der Waals surface area contributed by atoms with E-state index in [0.29, 0.717) is 12.1 Å². The predicted octanol–water partition coefficient (Wildman–Crippen LogP) is 1.88. The molecule has 2 N–H and O–H groups in total. The molecule has 0 unspecified atom stereocenters. The fraction of sp³-hybridized carbons (Fsp3) is 0.571. The molecule has 1 rings (SSSR count). The van der Waals surface area contributed by atoms with Gasteiger partial charge >= 0.3 is 0 Å². The maximum absolute atomic E-state index is 12.1. The lowest BCUT2D eigenvalue weighted by molar-refractivity contribution is 0.593. The lowest BCUT2D eigenvalue weighted by atomic mass is 10.2. The molecule has 0 aliphatic heterocycles. The molecule has 1 aromatic rings. The highest BCUT2D eigenvalue weighted by molar-refractivity contribution is 7.92. The number of sulfonamides is 1. The average Bonchev–Trinajstić information content (AvgIpc) is 2.38. The van der Waals surface area contributed by atoms with Gasteiger partial charge in [0.25, 0.3) is 0 Å². The van der Waals surface area contributed by atoms with Crippen molar-refractivity contribution < 1.29 is 8.42 Å². The summed E-state index contributed by atoms with van der Waals surface area (Å²) in [5.74, 6) is 0.130. The molecule has 0 aliphatic carbocycles. The summed E-state index contributed by atoms with van der Waals surface area (Å²) in [4.78, 5) is 1.89. The molecule has 0 bridgehead atoms. The quantitative estimate of drug-likeness (QED) is 0.684. The fourth-order valence-corrected chi connectivity index (χ4v) is 2.99. The third-order valence-electron chi connectivity index (χ3n) is 2.84. The number of para-hydroxylation sites is 2. The van der Waals surface area contributed by atoms with Gasteiger partial charge in [0.15, 0.2) is 0 Å². The minimum absolute atomic E-state index is 0.130. The summed E-state index contributed by atoms with van der Waals surface area (Å²) in [6.07, 6.45) is 1.67. The van der Waals surface area contributed by atoms with Gasteiger partial charge in [0.2, 0.25) is 10.0 Å². The Kier molecular flexibility index (Phi) is 6.81. The first-order valence-corrected chi connectivity index (χ1v) is 8.59. The summed E-state index contributed by atoms with van der Waals surface area (Å²) in [5, 5.41) is 3.20. The molecular formula is C14H25N3O2S. The second-order valence-electron chi connectivity index (χ2n) is 4.94. The molecular weight excluding hydrogens is 274 g/mol. The summed E-state index contributed by atoms with van der Waals surface area (Å²) in [5.41, 5.74) is 1.49. The molecule has 0 aromatic heterocycles. The van der Waals surface area contributed by atoms with Gasteiger partial charge in [-0.2, -0.15) is 0 Å². The zero-order chi connectivity index (χ0) is 15.0. The third kappa shape index (κ3) is 5.79. The number of rotatable bonds is 9. The number of benzene rings is 1. The van der Waals surface area contributed by atoms with E-state index in [0.717, 1.165) is 25.2 Å². The first kappa shape index (κ1) is 16.8. The Labute approximate surface area is 122 Å². The first-order chi connectivity index (χ1) is 9.46. The van der Waals surface area contributed by atoms with Crippen LogP contribution < -0.4 is 14.9 Å². The highest BCUT2D eigenvalue weighted by Gasteiger charge is 2.13. The SMILES string of the molecule is CCCNCCCS(=O)(=O)Nc1ccccc1N(C)C. The van der Waals surface area contributed by atoms with Gasteiger partial charge in [-0.1, -0.05) is 19.1 Å². The molecule has 0 saturated heterocycles. The molecule has 0 fully saturated rings. The van der Waals surface area contributed by atoms with Crippen molar-refractivity contribution in [3.8, 4) is 0 Å². The summed E-state index contributed by atoms with van der Waals surface area (Å²) >= 11 is 0. The average molecular weight is 299 g/mol. The molecule has 0 aliphatic rings. The predicted molar refractivity (Wildman–Crippen MR) is 86.0 cm³/mol. The molecule has 0 heterocycles. The summed E-state index contributed by atoms with van der Waals surface area (Å²) < 4.78 is 26.8. The Hall–Kier alpha value is -1.27. The van der Waals surface area contributed by atoms with Gasteiger partial charge in [-0.25, -0.2) is 8.42 Å². The number of hydrogen-bond acceptors (Lipinski definition) is 4. The second kappa shape index (κ2) is 8.11. The van der Waals surface area contributed by atoms with Crippen LogP contribution in [-0.2, 0) is 10.0 Å². The smallest absolute Gasteiger partial charge is 0.232 e. The van der Waals surface area contributed by atoms with E-state index >= 15 is 0 Å². The first-order valence-electron chi connectivity index (χ1n) is 6.94. The maximum Gasteiger partial charge on any atom is 0.232 e. The van der Waals surface area contributed by atoms with Crippen molar-refractivity contribution in [1.82, 2.24) is 5.32 Å². The second-order valence-corrected chi connectivity index (χ2v) is 6.78. The van der Waals surface area contributed by atoms with E-state index in [2.05, 4.69) is 17.0 Å². The molecule has 1 aromatic carbocycles. The fourth-order valence-electron chi connectivity index (χ4n) is 1.86. The van der Waals surface area contributed by atoms with Gasteiger partial charge in [-0.05, 0) is 38.1 Å². The topological polar surface area (TPSA) is 61.4 Å². The third-order valence-corrected chi connectivity index (χ3v) is 4.20. The van der Waals surface area contributed by atoms with Gasteiger partial charge < -0.3 is 10.2 Å². The van der Waals surface area contributed by atoms with Crippen LogP contribution in [0.3, 0.4) is 0 Å². The van der Waals surface area contributed by atoms with E-state index in [1.54, 1.807) is 6.07 Å². The lowest BCUT2D eigenvalue weighted by Crippen LogP contribution is -2.23. The van der Waals surface area contributed by atoms with Crippen molar-refractivity contribution in [2.24, 2.45) is 0 Å². The Balaban J connectivity index is 2.58. The molecule has 114 valence electrons. The summed E-state index contributed by atoms with van der Waals surface area (Å²) in [6, 6.07) is 7.39. The van der Waals surface area contributed by atoms with Crippen LogP contribution in [0.2, 0.25) is 0 Å². The van der Waals surface area contributed by atoms with Gasteiger partial charge in [0.05, 0.1) is 17.1 Å². The van der Waals surface area contributed by atoms with Crippen LogP contribution in [0.15, 0.2) is 24.3 Å². The van der Waals surface area contributed by atoms with E-state index in [9.17, 15) is 8.42 Å². The largest absolute Gasteiger partial charge is 0.376 e. The minimum Gasteiger partial charge on any atom is -0.376 e. The van der Waals surface area contributed by atoms with E-state index in [-0.39, 0.29) is 5.75 Å². The summed E-state index contributed by atoms with van der Waals surface area (Å²) in [7, 11) is 0.487. The van der Waals surface area contributed by atoms with E-state index < -0.39 is 10.0 Å². The molecule has 0 radical (unpaired) electrons. The van der Waals surface area contributed by atoms with Crippen molar-refractivity contribution in [3.05, 3.63) is 24.3 Å². The maximum atomic E-state index is 12.1. The van der Waals surface area contributed by atoms with Crippen molar-refractivity contribution >= 4 is 21.4 Å². The molecule has 20 heavy (non-hydrogen) atoms. The van der Waals surface area contributed by atoms with Gasteiger partial charge in [0, 0.05) is 14.1 Å². The molecule has 5 nitrogen and oxygen atoms in total. The van der Waals surface area contributed by atoms with Crippen LogP contribution >= 0.6 is 0 Å². The van der Waals surface area contributed by atoms with Gasteiger partial charge in [-0.3, -0.25) is 4.72 Å². The van der Waals surface area contributed by atoms with E-state index in [1.165, 1.54) is 0 Å². The van der Waals surface area contributed by atoms with Crippen molar-refractivity contribution in [2.75, 3.05) is 42.6 Å². The van der Waals surface area contributed by atoms with Crippen LogP contribution in [0.4, 0.5) is 11.4 Å². The molecule has 0 spiro atoms. The van der Waals surface area contributed by atoms with Crippen LogP contribution in [-0.4, -0.2) is 41.4 Å². The molecule has 0 saturated carbocycles. The van der Waals surface area contributed by atoms with Crippen LogP contribution in [0.1, 0.15) is 19.8 Å². The molecule has 0 amide bonds. The number of anilines is 2. The number of nitrogens with zero attached hydrogens (tertiary/aromatic N) is 1. The normalized spacial score (nSPS) is 11.3. The monoisotopic (exact) mass is 299 g/mol. The molecule has 0 atom stereocenters. The van der Waals surface area contributed by atoms with E-state index in [1.807, 2.05) is 37.2 Å². The zero-order valence-corrected chi connectivity index (χ0v) is 13.3. The zero-order valence-electron chi connectivity index (χ0n) is 12.5. The standard InChI is InChI=1S/C14H25N3O2S/c1-4-10-15-11-7-12-20(18,19)16-13-8-5-6-9-14(13)17(2)3/h5-6,8-9,15-16H,4,7,10-12H2,1-3H3. The number of hydrogen-bond donors (Lipinski definition) is 2.